The summed E-state index contributed by atoms with van der Waals surface area (Å²) >= 11 is 0. The van der Waals surface area contributed by atoms with Crippen molar-refractivity contribution >= 4 is 0 Å². The van der Waals surface area contributed by atoms with Crippen molar-refractivity contribution in [2.75, 3.05) is 45.9 Å². The van der Waals surface area contributed by atoms with Gasteiger partial charge in [-0.1, -0.05) is 20.8 Å². The molecular formula is C18H34N2O2. The summed E-state index contributed by atoms with van der Waals surface area (Å²) in [5.41, 5.74) is 0.388. The lowest BCUT2D eigenvalue weighted by atomic mass is 9.84. The van der Waals surface area contributed by atoms with Gasteiger partial charge in [-0.3, -0.25) is 9.80 Å². The van der Waals surface area contributed by atoms with Crippen LogP contribution in [0.25, 0.3) is 0 Å². The molecule has 0 aromatic carbocycles. The SMILES string of the molecule is CCCN1CCOC[C@H]1CCC(C)(C)CN1CC2CC(C1)O2. The molecule has 4 nitrogen and oxygen atoms in total. The molecule has 4 heterocycles. The molecular weight excluding hydrogens is 276 g/mol. The summed E-state index contributed by atoms with van der Waals surface area (Å²) in [5.74, 6) is 0. The molecule has 2 unspecified atom stereocenters. The minimum Gasteiger partial charge on any atom is -0.378 e. The van der Waals surface area contributed by atoms with Crippen LogP contribution in [0.3, 0.4) is 0 Å². The van der Waals surface area contributed by atoms with Gasteiger partial charge in [-0.15, -0.1) is 0 Å². The van der Waals surface area contributed by atoms with Crippen LogP contribution in [0.5, 0.6) is 0 Å². The predicted molar refractivity (Wildman–Crippen MR) is 89.2 cm³/mol. The molecule has 0 N–H and O–H groups in total. The molecule has 4 saturated heterocycles. The summed E-state index contributed by atoms with van der Waals surface area (Å²) in [4.78, 5) is 5.27. The number of hydrogen-bond acceptors (Lipinski definition) is 4. The molecule has 0 spiro atoms. The minimum atomic E-state index is 0.388. The maximum atomic E-state index is 5.75. The van der Waals surface area contributed by atoms with E-state index in [4.69, 9.17) is 9.47 Å². The van der Waals surface area contributed by atoms with E-state index >= 15 is 0 Å². The normalized spacial score (nSPS) is 33.7. The van der Waals surface area contributed by atoms with Crippen molar-refractivity contribution in [1.29, 1.82) is 0 Å². The van der Waals surface area contributed by atoms with Crippen LogP contribution in [0, 0.1) is 5.41 Å². The van der Waals surface area contributed by atoms with Gasteiger partial charge in [-0.25, -0.2) is 0 Å². The number of fused-ring (bicyclic) bond motifs is 2. The van der Waals surface area contributed by atoms with Gasteiger partial charge < -0.3 is 9.47 Å². The highest BCUT2D eigenvalue weighted by atomic mass is 16.5. The Morgan fingerprint density at radius 1 is 1.18 bits per heavy atom. The van der Waals surface area contributed by atoms with E-state index in [1.165, 1.54) is 38.8 Å². The fourth-order valence-corrected chi connectivity index (χ4v) is 4.35. The molecule has 2 bridgehead atoms. The maximum Gasteiger partial charge on any atom is 0.0731 e. The van der Waals surface area contributed by atoms with Gasteiger partial charge in [0, 0.05) is 38.6 Å². The molecule has 22 heavy (non-hydrogen) atoms. The van der Waals surface area contributed by atoms with Crippen LogP contribution < -0.4 is 0 Å². The average molecular weight is 310 g/mol. The number of ether oxygens (including phenoxy) is 2. The van der Waals surface area contributed by atoms with Crippen molar-refractivity contribution in [3.8, 4) is 0 Å². The lowest BCUT2D eigenvalue weighted by molar-refractivity contribution is -0.184. The zero-order valence-corrected chi connectivity index (χ0v) is 14.7. The molecule has 0 radical (unpaired) electrons. The molecule has 4 fully saturated rings. The first kappa shape index (κ1) is 16.7. The summed E-state index contributed by atoms with van der Waals surface area (Å²) in [7, 11) is 0. The molecule has 0 aromatic rings. The van der Waals surface area contributed by atoms with Gasteiger partial charge in [0.15, 0.2) is 0 Å². The topological polar surface area (TPSA) is 24.9 Å². The molecule has 0 saturated carbocycles. The Bertz CT molecular complexity index is 343. The molecule has 0 amide bonds. The van der Waals surface area contributed by atoms with Gasteiger partial charge in [0.1, 0.15) is 0 Å². The van der Waals surface area contributed by atoms with Crippen molar-refractivity contribution in [1.82, 2.24) is 9.80 Å². The lowest BCUT2D eigenvalue weighted by Crippen LogP contribution is -2.58. The highest BCUT2D eigenvalue weighted by Crippen LogP contribution is 2.32. The van der Waals surface area contributed by atoms with E-state index < -0.39 is 0 Å². The fourth-order valence-electron chi connectivity index (χ4n) is 4.35. The first-order valence-corrected chi connectivity index (χ1v) is 9.25. The van der Waals surface area contributed by atoms with E-state index in [0.29, 0.717) is 23.7 Å². The number of nitrogens with zero attached hydrogens (tertiary/aromatic N) is 2. The van der Waals surface area contributed by atoms with E-state index in [1.807, 2.05) is 0 Å². The largest absolute Gasteiger partial charge is 0.378 e. The second-order valence-corrected chi connectivity index (χ2v) is 8.28. The summed E-state index contributed by atoms with van der Waals surface area (Å²) < 4.78 is 11.5. The van der Waals surface area contributed by atoms with Crippen molar-refractivity contribution < 1.29 is 9.47 Å². The third-order valence-corrected chi connectivity index (χ3v) is 5.50. The molecule has 4 heteroatoms. The lowest BCUT2D eigenvalue weighted by Gasteiger charge is -2.49. The number of hydrogen-bond donors (Lipinski definition) is 0. The van der Waals surface area contributed by atoms with Crippen LogP contribution in [0.2, 0.25) is 0 Å². The average Bonchev–Trinajstić information content (AvgIpc) is 2.45. The van der Waals surface area contributed by atoms with E-state index in [0.717, 1.165) is 32.8 Å². The van der Waals surface area contributed by atoms with Crippen LogP contribution in [-0.2, 0) is 9.47 Å². The Morgan fingerprint density at radius 2 is 1.91 bits per heavy atom. The van der Waals surface area contributed by atoms with E-state index in [-0.39, 0.29) is 0 Å². The summed E-state index contributed by atoms with van der Waals surface area (Å²) in [6.07, 6.45) is 6.15. The van der Waals surface area contributed by atoms with Crippen molar-refractivity contribution in [2.45, 2.75) is 64.7 Å². The molecule has 3 atom stereocenters. The molecule has 4 rings (SSSR count). The van der Waals surface area contributed by atoms with Crippen molar-refractivity contribution in [2.24, 2.45) is 5.41 Å². The first-order chi connectivity index (χ1) is 10.6. The van der Waals surface area contributed by atoms with Crippen LogP contribution >= 0.6 is 0 Å². The Morgan fingerprint density at radius 3 is 2.59 bits per heavy atom. The minimum absolute atomic E-state index is 0.388. The monoisotopic (exact) mass is 310 g/mol. The number of rotatable bonds is 7. The van der Waals surface area contributed by atoms with E-state index in [2.05, 4.69) is 30.6 Å². The maximum absolute atomic E-state index is 5.75. The van der Waals surface area contributed by atoms with E-state index in [1.54, 1.807) is 0 Å². The Balaban J connectivity index is 1.44. The van der Waals surface area contributed by atoms with E-state index in [9.17, 15) is 0 Å². The van der Waals surface area contributed by atoms with Crippen LogP contribution in [0.15, 0.2) is 0 Å². The van der Waals surface area contributed by atoms with Gasteiger partial charge in [0.2, 0.25) is 0 Å². The molecule has 4 aliphatic heterocycles. The number of piperidine rings is 1. The predicted octanol–water partition coefficient (Wildman–Crippen LogP) is 2.38. The van der Waals surface area contributed by atoms with Crippen molar-refractivity contribution in [3.63, 3.8) is 0 Å². The first-order valence-electron chi connectivity index (χ1n) is 9.25. The van der Waals surface area contributed by atoms with Gasteiger partial charge in [-0.2, -0.15) is 0 Å². The standard InChI is InChI=1S/C18H34N2O2/c1-4-7-20-8-9-21-13-15(20)5-6-18(2,3)14-19-11-16-10-17(12-19)22-16/h15-17H,4-14H2,1-3H3/t15-,16?,17?/m1/s1. The van der Waals surface area contributed by atoms with Crippen LogP contribution in [-0.4, -0.2) is 74.0 Å². The zero-order chi connectivity index (χ0) is 15.6. The summed E-state index contributed by atoms with van der Waals surface area (Å²) in [5, 5.41) is 0. The quantitative estimate of drug-likeness (QED) is 0.721. The molecule has 0 aromatic heterocycles. The van der Waals surface area contributed by atoms with Gasteiger partial charge in [-0.05, 0) is 31.2 Å². The second kappa shape index (κ2) is 7.16. The van der Waals surface area contributed by atoms with Crippen molar-refractivity contribution in [3.05, 3.63) is 0 Å². The molecule has 0 aliphatic carbocycles. The molecule has 128 valence electrons. The van der Waals surface area contributed by atoms with Crippen LogP contribution in [0.4, 0.5) is 0 Å². The van der Waals surface area contributed by atoms with Crippen LogP contribution in [0.1, 0.15) is 46.5 Å². The summed E-state index contributed by atoms with van der Waals surface area (Å²) in [6.45, 7) is 14.8. The van der Waals surface area contributed by atoms with Gasteiger partial charge in [0.05, 0.1) is 25.4 Å². The Kier molecular flexibility index (Phi) is 5.43. The highest BCUT2D eigenvalue weighted by Gasteiger charge is 2.39. The summed E-state index contributed by atoms with van der Waals surface area (Å²) in [6, 6.07) is 0.631. The van der Waals surface area contributed by atoms with Gasteiger partial charge in [0.25, 0.3) is 0 Å². The molecule has 4 aliphatic rings. The Labute approximate surface area is 136 Å². The fraction of sp³-hybridized carbons (Fsp3) is 1.00. The smallest absolute Gasteiger partial charge is 0.0731 e. The zero-order valence-electron chi connectivity index (χ0n) is 14.7. The third kappa shape index (κ3) is 4.22. The Hall–Kier alpha value is -0.160. The second-order valence-electron chi connectivity index (χ2n) is 8.28. The number of morpholine rings is 2. The third-order valence-electron chi connectivity index (χ3n) is 5.50. The van der Waals surface area contributed by atoms with Gasteiger partial charge >= 0.3 is 0 Å². The highest BCUT2D eigenvalue weighted by molar-refractivity contribution is 4.91.